The number of likely N-dealkylation sites (tertiary alicyclic amines) is 1. The molecule has 1 heterocycles. The van der Waals surface area contributed by atoms with Crippen LogP contribution in [0.25, 0.3) is 0 Å². The topological polar surface area (TPSA) is 174 Å². The van der Waals surface area contributed by atoms with Gasteiger partial charge in [-0.2, -0.15) is 0 Å². The predicted octanol–water partition coefficient (Wildman–Crippen LogP) is 1.99. The van der Waals surface area contributed by atoms with Crippen molar-refractivity contribution in [2.75, 3.05) is 12.3 Å². The van der Waals surface area contributed by atoms with E-state index in [1.807, 2.05) is 27.7 Å². The zero-order valence-corrected chi connectivity index (χ0v) is 26.7. The average Bonchev–Trinajstić information content (AvgIpc) is 3.86. The summed E-state index contributed by atoms with van der Waals surface area (Å²) in [6.07, 6.45) is 8.07. The van der Waals surface area contributed by atoms with Crippen molar-refractivity contribution in [3.63, 3.8) is 0 Å². The number of hydrogen-bond acceptors (Lipinski definition) is 6. The zero-order chi connectivity index (χ0) is 31.5. The van der Waals surface area contributed by atoms with Crippen LogP contribution in [0.3, 0.4) is 0 Å². The molecule has 5 N–H and O–H groups in total. The quantitative estimate of drug-likeness (QED) is 0.154. The van der Waals surface area contributed by atoms with E-state index in [1.165, 1.54) is 4.90 Å². The van der Waals surface area contributed by atoms with Crippen LogP contribution in [0.1, 0.15) is 98.3 Å². The molecule has 3 aliphatic carbocycles. The van der Waals surface area contributed by atoms with Crippen LogP contribution in [0.5, 0.6) is 0 Å². The van der Waals surface area contributed by atoms with Crippen molar-refractivity contribution < 1.29 is 32.7 Å². The fraction of sp³-hybridized carbons (Fsp3) is 0.833. The van der Waals surface area contributed by atoms with Gasteiger partial charge in [-0.25, -0.2) is 9.00 Å². The Morgan fingerprint density at radius 3 is 2.30 bits per heavy atom. The molecule has 5 amide bonds. The molecule has 1 saturated heterocycles. The number of rotatable bonds is 13. The normalized spacial score (nSPS) is 26.3. The Balaban J connectivity index is 1.46. The number of unbranched alkanes of at least 4 members (excludes halogenated alkanes) is 1. The maximum atomic E-state index is 14.1. The van der Waals surface area contributed by atoms with Crippen molar-refractivity contribution in [1.29, 1.82) is 0 Å². The largest absolute Gasteiger partial charge is 0.347 e. The van der Waals surface area contributed by atoms with E-state index in [9.17, 15) is 32.7 Å². The SMILES string of the molecule is CCCCC(NC(=O)C1C2CC2CN1C(=O)C(NC(=O)NC1(CS(=O)O)CCCCC1)C(C)(C)C)C(=O)C(=O)NC1CC1. The van der Waals surface area contributed by atoms with Crippen LogP contribution in [0, 0.1) is 17.3 Å². The monoisotopic (exact) mass is 623 g/mol. The van der Waals surface area contributed by atoms with E-state index < -0.39 is 63.8 Å². The summed E-state index contributed by atoms with van der Waals surface area (Å²) in [6.45, 7) is 7.84. The van der Waals surface area contributed by atoms with Gasteiger partial charge in [0.05, 0.1) is 17.3 Å². The first-order valence-electron chi connectivity index (χ1n) is 15.9. The minimum absolute atomic E-state index is 0.0203. The van der Waals surface area contributed by atoms with E-state index in [0.717, 1.165) is 44.9 Å². The maximum Gasteiger partial charge on any atom is 0.315 e. The fourth-order valence-corrected chi connectivity index (χ4v) is 7.43. The van der Waals surface area contributed by atoms with Crippen molar-refractivity contribution in [1.82, 2.24) is 26.2 Å². The molecule has 6 atom stereocenters. The standard InChI is InChI=1S/C30H49N5O7S/c1-5-6-10-21(23(36)26(38)31-19-11-12-19)32-25(37)22-20-15-18(20)16-35(22)27(39)24(29(2,3)4)33-28(40)34-30(17-43(41)42)13-8-7-9-14-30/h18-22,24H,5-17H2,1-4H3,(H,31,38)(H,32,37)(H,41,42)(H2,33,34,40). The number of urea groups is 1. The maximum absolute atomic E-state index is 14.1. The fourth-order valence-electron chi connectivity index (χ4n) is 6.60. The minimum atomic E-state index is -2.09. The van der Waals surface area contributed by atoms with Gasteiger partial charge in [-0.3, -0.25) is 19.2 Å². The summed E-state index contributed by atoms with van der Waals surface area (Å²) in [5, 5.41) is 11.3. The predicted molar refractivity (Wildman–Crippen MR) is 161 cm³/mol. The molecule has 12 nitrogen and oxygen atoms in total. The number of carbonyl (C=O) groups is 5. The summed E-state index contributed by atoms with van der Waals surface area (Å²) in [5.74, 6) is -2.13. The van der Waals surface area contributed by atoms with Gasteiger partial charge in [0.2, 0.25) is 17.6 Å². The second-order valence-corrected chi connectivity index (χ2v) is 15.0. The van der Waals surface area contributed by atoms with Crippen LogP contribution in [0.15, 0.2) is 0 Å². The lowest BCUT2D eigenvalue weighted by Crippen LogP contribution is -2.63. The number of Topliss-reactive ketones (excluding diaryl/α,β-unsaturated/α-hetero) is 1. The van der Waals surface area contributed by atoms with E-state index in [2.05, 4.69) is 21.3 Å². The van der Waals surface area contributed by atoms with Crippen LogP contribution in [-0.4, -0.2) is 85.2 Å². The molecule has 0 aromatic carbocycles. The molecular formula is C30H49N5O7S. The van der Waals surface area contributed by atoms with Gasteiger partial charge >= 0.3 is 6.03 Å². The Hall–Kier alpha value is -2.54. The van der Waals surface area contributed by atoms with Crippen molar-refractivity contribution in [2.45, 2.75) is 128 Å². The summed E-state index contributed by atoms with van der Waals surface area (Å²) in [7, 11) is 0. The van der Waals surface area contributed by atoms with Gasteiger partial charge in [-0.15, -0.1) is 0 Å². The van der Waals surface area contributed by atoms with E-state index in [-0.39, 0.29) is 29.5 Å². The van der Waals surface area contributed by atoms with Gasteiger partial charge in [0.25, 0.3) is 5.91 Å². The molecule has 6 unspecified atom stereocenters. The van der Waals surface area contributed by atoms with Gasteiger partial charge < -0.3 is 30.7 Å². The van der Waals surface area contributed by atoms with Gasteiger partial charge in [0.1, 0.15) is 12.1 Å². The van der Waals surface area contributed by atoms with Crippen molar-refractivity contribution in [3.05, 3.63) is 0 Å². The average molecular weight is 624 g/mol. The Morgan fingerprint density at radius 2 is 1.72 bits per heavy atom. The Bertz CT molecular complexity index is 1110. The minimum Gasteiger partial charge on any atom is -0.347 e. The molecule has 4 aliphatic rings. The van der Waals surface area contributed by atoms with Gasteiger partial charge in [-0.1, -0.05) is 59.8 Å². The number of ketones is 1. The Kier molecular flexibility index (Phi) is 10.6. The molecule has 0 bridgehead atoms. The number of amides is 5. The summed E-state index contributed by atoms with van der Waals surface area (Å²) < 4.78 is 21.3. The highest BCUT2D eigenvalue weighted by Gasteiger charge is 2.58. The molecule has 0 aromatic rings. The first kappa shape index (κ1) is 33.4. The van der Waals surface area contributed by atoms with E-state index in [1.54, 1.807) is 0 Å². The number of fused-ring (bicyclic) bond motifs is 1. The molecular weight excluding hydrogens is 574 g/mol. The molecule has 242 valence electrons. The zero-order valence-electron chi connectivity index (χ0n) is 25.9. The molecule has 13 heteroatoms. The lowest BCUT2D eigenvalue weighted by atomic mass is 9.83. The first-order valence-corrected chi connectivity index (χ1v) is 17.1. The highest BCUT2D eigenvalue weighted by Crippen LogP contribution is 2.50. The third kappa shape index (κ3) is 8.55. The number of piperidine rings is 1. The summed E-state index contributed by atoms with van der Waals surface area (Å²) in [6, 6.07) is -3.30. The van der Waals surface area contributed by atoms with Crippen molar-refractivity contribution >= 4 is 40.6 Å². The first-order chi connectivity index (χ1) is 20.2. The number of hydrogen-bond donors (Lipinski definition) is 5. The Labute approximate surface area is 256 Å². The van der Waals surface area contributed by atoms with Crippen LogP contribution >= 0.6 is 0 Å². The second-order valence-electron chi connectivity index (χ2n) is 14.1. The van der Waals surface area contributed by atoms with Crippen LogP contribution in [-0.2, 0) is 30.3 Å². The van der Waals surface area contributed by atoms with Gasteiger partial charge in [0.15, 0.2) is 11.1 Å². The van der Waals surface area contributed by atoms with Crippen molar-refractivity contribution in [3.8, 4) is 0 Å². The van der Waals surface area contributed by atoms with Crippen LogP contribution < -0.4 is 21.3 Å². The van der Waals surface area contributed by atoms with Gasteiger partial charge in [-0.05, 0) is 55.8 Å². The molecule has 3 saturated carbocycles. The van der Waals surface area contributed by atoms with Gasteiger partial charge in [0, 0.05) is 12.6 Å². The molecule has 4 rings (SSSR count). The third-order valence-electron chi connectivity index (χ3n) is 9.29. The van der Waals surface area contributed by atoms with Crippen LogP contribution in [0.4, 0.5) is 4.79 Å². The van der Waals surface area contributed by atoms with E-state index in [4.69, 9.17) is 0 Å². The van der Waals surface area contributed by atoms with Crippen LogP contribution in [0.2, 0.25) is 0 Å². The molecule has 0 radical (unpaired) electrons. The summed E-state index contributed by atoms with van der Waals surface area (Å²) in [5.41, 5.74) is -1.53. The molecule has 43 heavy (non-hydrogen) atoms. The van der Waals surface area contributed by atoms with E-state index in [0.29, 0.717) is 32.2 Å². The molecule has 0 spiro atoms. The number of carbonyl (C=O) groups excluding carboxylic acids is 5. The lowest BCUT2D eigenvalue weighted by molar-refractivity contribution is -0.144. The highest BCUT2D eigenvalue weighted by molar-refractivity contribution is 7.79. The highest BCUT2D eigenvalue weighted by atomic mass is 32.2. The molecule has 0 aromatic heterocycles. The number of nitrogens with one attached hydrogen (secondary N) is 4. The summed E-state index contributed by atoms with van der Waals surface area (Å²) >= 11 is -2.09. The van der Waals surface area contributed by atoms with Crippen molar-refractivity contribution in [2.24, 2.45) is 17.3 Å². The second kappa shape index (κ2) is 13.6. The third-order valence-corrected chi connectivity index (χ3v) is 10.1. The molecule has 1 aliphatic heterocycles. The lowest BCUT2D eigenvalue weighted by Gasteiger charge is -2.40. The Morgan fingerprint density at radius 1 is 1.05 bits per heavy atom. The smallest absolute Gasteiger partial charge is 0.315 e. The van der Waals surface area contributed by atoms with E-state index >= 15 is 0 Å². The molecule has 4 fully saturated rings. The summed E-state index contributed by atoms with van der Waals surface area (Å²) in [4.78, 5) is 68.1. The number of nitrogens with zero attached hydrogens (tertiary/aromatic N) is 1.